The summed E-state index contributed by atoms with van der Waals surface area (Å²) < 4.78 is 10.6. The molecule has 1 N–H and O–H groups in total. The number of carbonyl (C=O) groups excluding carboxylic acids is 1. The van der Waals surface area contributed by atoms with Crippen LogP contribution in [0.2, 0.25) is 0 Å². The molecular formula is C12H23NO3. The molecule has 0 unspecified atom stereocenters. The highest BCUT2D eigenvalue weighted by molar-refractivity contribution is 5.68. The van der Waals surface area contributed by atoms with Gasteiger partial charge in [-0.25, -0.2) is 4.79 Å². The lowest BCUT2D eigenvalue weighted by molar-refractivity contribution is 0.0213. The van der Waals surface area contributed by atoms with Gasteiger partial charge < -0.3 is 14.8 Å². The van der Waals surface area contributed by atoms with Crippen molar-refractivity contribution in [3.8, 4) is 0 Å². The Kier molecular flexibility index (Phi) is 4.59. The Morgan fingerprint density at radius 2 is 1.88 bits per heavy atom. The summed E-state index contributed by atoms with van der Waals surface area (Å²) in [5, 5.41) is 2.89. The van der Waals surface area contributed by atoms with E-state index < -0.39 is 5.60 Å². The third kappa shape index (κ3) is 4.39. The Balaban J connectivity index is 2.42. The number of carbonyl (C=O) groups is 1. The molecule has 0 aliphatic heterocycles. The van der Waals surface area contributed by atoms with E-state index >= 15 is 0 Å². The van der Waals surface area contributed by atoms with Crippen molar-refractivity contribution >= 4 is 6.09 Å². The second-order valence-corrected chi connectivity index (χ2v) is 5.31. The first-order chi connectivity index (χ1) is 7.42. The molecule has 1 amide bonds. The topological polar surface area (TPSA) is 47.6 Å². The van der Waals surface area contributed by atoms with Gasteiger partial charge in [0, 0.05) is 7.11 Å². The molecule has 94 valence electrons. The van der Waals surface area contributed by atoms with E-state index in [9.17, 15) is 4.79 Å². The van der Waals surface area contributed by atoms with Gasteiger partial charge in [-0.15, -0.1) is 0 Å². The molecule has 0 aromatic heterocycles. The third-order valence-corrected chi connectivity index (χ3v) is 2.71. The van der Waals surface area contributed by atoms with E-state index in [4.69, 9.17) is 9.47 Å². The number of amides is 1. The minimum atomic E-state index is -0.443. The molecule has 0 aromatic rings. The molecule has 4 heteroatoms. The fourth-order valence-corrected chi connectivity index (χ4v) is 2.00. The molecule has 0 spiro atoms. The molecule has 1 saturated carbocycles. The molecule has 4 nitrogen and oxygen atoms in total. The molecule has 0 heterocycles. The Hall–Kier alpha value is -0.770. The van der Waals surface area contributed by atoms with Crippen molar-refractivity contribution in [1.82, 2.24) is 5.32 Å². The van der Waals surface area contributed by atoms with Crippen LogP contribution < -0.4 is 5.32 Å². The van der Waals surface area contributed by atoms with Crippen molar-refractivity contribution in [2.75, 3.05) is 7.11 Å². The molecule has 0 radical (unpaired) electrons. The lowest BCUT2D eigenvalue weighted by atomic mass is 9.92. The lowest BCUT2D eigenvalue weighted by Gasteiger charge is -2.31. The van der Waals surface area contributed by atoms with Crippen molar-refractivity contribution in [2.24, 2.45) is 0 Å². The third-order valence-electron chi connectivity index (χ3n) is 2.71. The predicted octanol–water partition coefficient (Wildman–Crippen LogP) is 2.47. The van der Waals surface area contributed by atoms with Gasteiger partial charge in [0.1, 0.15) is 5.60 Å². The molecule has 0 saturated heterocycles. The average molecular weight is 229 g/mol. The minimum Gasteiger partial charge on any atom is -0.444 e. The normalized spacial score (nSPS) is 26.2. The maximum atomic E-state index is 11.6. The SMILES string of the molecule is CO[C@H]1CCCC[C@@H]1NC(=O)OC(C)(C)C. The summed E-state index contributed by atoms with van der Waals surface area (Å²) in [4.78, 5) is 11.6. The number of rotatable bonds is 2. The van der Waals surface area contributed by atoms with Gasteiger partial charge in [0.15, 0.2) is 0 Å². The van der Waals surface area contributed by atoms with E-state index in [0.29, 0.717) is 0 Å². The standard InChI is InChI=1S/C12H23NO3/c1-12(2,3)16-11(14)13-9-7-5-6-8-10(9)15-4/h9-10H,5-8H2,1-4H3,(H,13,14)/t9-,10-/m0/s1. The van der Waals surface area contributed by atoms with Gasteiger partial charge in [0.05, 0.1) is 12.1 Å². The van der Waals surface area contributed by atoms with Crippen LogP contribution in [-0.2, 0) is 9.47 Å². The van der Waals surface area contributed by atoms with Crippen molar-refractivity contribution in [1.29, 1.82) is 0 Å². The van der Waals surface area contributed by atoms with Crippen LogP contribution in [0.25, 0.3) is 0 Å². The zero-order chi connectivity index (χ0) is 12.2. The average Bonchev–Trinajstić information content (AvgIpc) is 2.15. The maximum absolute atomic E-state index is 11.6. The van der Waals surface area contributed by atoms with E-state index in [-0.39, 0.29) is 18.2 Å². The highest BCUT2D eigenvalue weighted by Crippen LogP contribution is 2.21. The number of hydrogen-bond acceptors (Lipinski definition) is 3. The molecule has 0 bridgehead atoms. The Morgan fingerprint density at radius 1 is 1.25 bits per heavy atom. The zero-order valence-electron chi connectivity index (χ0n) is 10.7. The van der Waals surface area contributed by atoms with Gasteiger partial charge >= 0.3 is 6.09 Å². The van der Waals surface area contributed by atoms with Gasteiger partial charge in [-0.1, -0.05) is 12.8 Å². The summed E-state index contributed by atoms with van der Waals surface area (Å²) in [6.45, 7) is 5.59. The molecule has 16 heavy (non-hydrogen) atoms. The van der Waals surface area contributed by atoms with Gasteiger partial charge in [0.25, 0.3) is 0 Å². The van der Waals surface area contributed by atoms with Crippen LogP contribution in [0.1, 0.15) is 46.5 Å². The summed E-state index contributed by atoms with van der Waals surface area (Å²) in [5.41, 5.74) is -0.443. The first-order valence-corrected chi connectivity index (χ1v) is 5.94. The van der Waals surface area contributed by atoms with Crippen LogP contribution in [0.4, 0.5) is 4.79 Å². The number of alkyl carbamates (subject to hydrolysis) is 1. The van der Waals surface area contributed by atoms with Gasteiger partial charge in [-0.3, -0.25) is 0 Å². The molecule has 1 aliphatic carbocycles. The molecule has 1 rings (SSSR count). The van der Waals surface area contributed by atoms with E-state index in [1.165, 1.54) is 6.42 Å². The second-order valence-electron chi connectivity index (χ2n) is 5.31. The van der Waals surface area contributed by atoms with Crippen LogP contribution in [0.15, 0.2) is 0 Å². The van der Waals surface area contributed by atoms with Crippen molar-refractivity contribution in [2.45, 2.75) is 64.2 Å². The number of nitrogens with one attached hydrogen (secondary N) is 1. The number of methoxy groups -OCH3 is 1. The predicted molar refractivity (Wildman–Crippen MR) is 62.4 cm³/mol. The quantitative estimate of drug-likeness (QED) is 0.791. The minimum absolute atomic E-state index is 0.0913. The highest BCUT2D eigenvalue weighted by Gasteiger charge is 2.28. The van der Waals surface area contributed by atoms with Gasteiger partial charge in [-0.05, 0) is 33.6 Å². The summed E-state index contributed by atoms with van der Waals surface area (Å²) >= 11 is 0. The smallest absolute Gasteiger partial charge is 0.407 e. The van der Waals surface area contributed by atoms with Crippen LogP contribution in [0.3, 0.4) is 0 Å². The fourth-order valence-electron chi connectivity index (χ4n) is 2.00. The lowest BCUT2D eigenvalue weighted by Crippen LogP contribution is -2.47. The van der Waals surface area contributed by atoms with E-state index in [1.54, 1.807) is 7.11 Å². The van der Waals surface area contributed by atoms with Gasteiger partial charge in [0.2, 0.25) is 0 Å². The second kappa shape index (κ2) is 5.53. The molecule has 2 atom stereocenters. The monoisotopic (exact) mass is 229 g/mol. The van der Waals surface area contributed by atoms with E-state index in [1.807, 2.05) is 20.8 Å². The first-order valence-electron chi connectivity index (χ1n) is 5.94. The summed E-state index contributed by atoms with van der Waals surface area (Å²) in [6, 6.07) is 0.0913. The number of ether oxygens (including phenoxy) is 2. The van der Waals surface area contributed by atoms with Crippen LogP contribution >= 0.6 is 0 Å². The molecular weight excluding hydrogens is 206 g/mol. The van der Waals surface area contributed by atoms with E-state index in [0.717, 1.165) is 19.3 Å². The van der Waals surface area contributed by atoms with Crippen LogP contribution in [-0.4, -0.2) is 30.9 Å². The fraction of sp³-hybridized carbons (Fsp3) is 0.917. The number of hydrogen-bond donors (Lipinski definition) is 1. The molecule has 0 aromatic carbocycles. The Labute approximate surface area is 97.7 Å². The van der Waals surface area contributed by atoms with E-state index in [2.05, 4.69) is 5.32 Å². The van der Waals surface area contributed by atoms with Crippen LogP contribution in [0.5, 0.6) is 0 Å². The Morgan fingerprint density at radius 3 is 2.44 bits per heavy atom. The first kappa shape index (κ1) is 13.3. The highest BCUT2D eigenvalue weighted by atomic mass is 16.6. The summed E-state index contributed by atoms with van der Waals surface area (Å²) in [5.74, 6) is 0. The van der Waals surface area contributed by atoms with Crippen molar-refractivity contribution in [3.05, 3.63) is 0 Å². The largest absolute Gasteiger partial charge is 0.444 e. The summed E-state index contributed by atoms with van der Waals surface area (Å²) in [7, 11) is 1.69. The van der Waals surface area contributed by atoms with Crippen molar-refractivity contribution in [3.63, 3.8) is 0 Å². The van der Waals surface area contributed by atoms with Crippen LogP contribution in [0, 0.1) is 0 Å². The van der Waals surface area contributed by atoms with Crippen molar-refractivity contribution < 1.29 is 14.3 Å². The van der Waals surface area contributed by atoms with Gasteiger partial charge in [-0.2, -0.15) is 0 Å². The maximum Gasteiger partial charge on any atom is 0.407 e. The zero-order valence-corrected chi connectivity index (χ0v) is 10.7. The molecule has 1 aliphatic rings. The Bertz CT molecular complexity index is 235. The molecule has 1 fully saturated rings. The summed E-state index contributed by atoms with van der Waals surface area (Å²) in [6.07, 6.45) is 4.07.